The molecule has 118 valence electrons. The highest BCUT2D eigenvalue weighted by Crippen LogP contribution is 2.27. The first-order chi connectivity index (χ1) is 9.85. The third-order valence-electron chi connectivity index (χ3n) is 2.52. The molecule has 7 nitrogen and oxygen atoms in total. The zero-order valence-corrected chi connectivity index (χ0v) is 13.4. The molecule has 0 heterocycles. The van der Waals surface area contributed by atoms with E-state index in [9.17, 15) is 8.42 Å². The van der Waals surface area contributed by atoms with Gasteiger partial charge >= 0.3 is 9.15 Å². The van der Waals surface area contributed by atoms with Gasteiger partial charge in [-0.05, 0) is 24.1 Å². The summed E-state index contributed by atoms with van der Waals surface area (Å²) in [5.74, 6) is 1.38. The van der Waals surface area contributed by atoms with Crippen LogP contribution in [0.4, 0.5) is 0 Å². The van der Waals surface area contributed by atoms with Crippen molar-refractivity contribution in [2.45, 2.75) is 6.42 Å². The summed E-state index contributed by atoms with van der Waals surface area (Å²) in [6.45, 7) is 0.410. The van der Waals surface area contributed by atoms with Gasteiger partial charge in [-0.3, -0.25) is 9.55 Å². The van der Waals surface area contributed by atoms with Gasteiger partial charge in [0.25, 0.3) is 0 Å². The molecule has 0 bridgehead atoms. The highest BCUT2D eigenvalue weighted by molar-refractivity contribution is 8.70. The van der Waals surface area contributed by atoms with Crippen LogP contribution in [0.25, 0.3) is 0 Å². The van der Waals surface area contributed by atoms with E-state index in [1.807, 2.05) is 12.1 Å². The van der Waals surface area contributed by atoms with Crippen LogP contribution in [-0.4, -0.2) is 45.3 Å². The van der Waals surface area contributed by atoms with Crippen LogP contribution >= 0.6 is 10.8 Å². The van der Waals surface area contributed by atoms with Gasteiger partial charge in [0.2, 0.25) is 0 Å². The van der Waals surface area contributed by atoms with Crippen molar-refractivity contribution in [3.63, 3.8) is 0 Å². The molecule has 0 radical (unpaired) electrons. The molecule has 0 fully saturated rings. The molecule has 0 saturated heterocycles. The van der Waals surface area contributed by atoms with E-state index in [0.717, 1.165) is 5.56 Å². The molecule has 1 aromatic rings. The zero-order valence-electron chi connectivity index (χ0n) is 11.8. The molecular weight excluding hydrogens is 316 g/mol. The molecule has 0 aliphatic carbocycles. The number of amidine groups is 1. The van der Waals surface area contributed by atoms with E-state index < -0.39 is 9.15 Å². The van der Waals surface area contributed by atoms with Crippen molar-refractivity contribution < 1.29 is 22.4 Å². The molecular formula is C12H18N2O5S2. The Morgan fingerprint density at radius 2 is 2.00 bits per heavy atom. The van der Waals surface area contributed by atoms with Crippen LogP contribution in [-0.2, 0) is 15.6 Å². The average molecular weight is 334 g/mol. The summed E-state index contributed by atoms with van der Waals surface area (Å²) in [7, 11) is -0.629. The fourth-order valence-electron chi connectivity index (χ4n) is 1.55. The van der Waals surface area contributed by atoms with Gasteiger partial charge < -0.3 is 15.2 Å². The number of nitrogens with zero attached hydrogens (tertiary/aromatic N) is 1. The molecule has 1 rings (SSSR count). The number of nitrogens with two attached hydrogens (primary N) is 1. The third kappa shape index (κ3) is 6.69. The number of ether oxygens (including phenoxy) is 2. The van der Waals surface area contributed by atoms with E-state index >= 15 is 0 Å². The van der Waals surface area contributed by atoms with E-state index in [1.54, 1.807) is 20.3 Å². The molecule has 21 heavy (non-hydrogen) atoms. The molecule has 0 aliphatic rings. The fourth-order valence-corrected chi connectivity index (χ4v) is 2.72. The van der Waals surface area contributed by atoms with Crippen molar-refractivity contribution in [2.75, 3.05) is 26.5 Å². The summed E-state index contributed by atoms with van der Waals surface area (Å²) in [5, 5.41) is 0. The van der Waals surface area contributed by atoms with Crippen molar-refractivity contribution in [1.29, 1.82) is 0 Å². The lowest BCUT2D eigenvalue weighted by Crippen LogP contribution is -2.16. The summed E-state index contributed by atoms with van der Waals surface area (Å²) in [6.07, 6.45) is 0.623. The summed E-state index contributed by atoms with van der Waals surface area (Å²) in [6, 6.07) is 5.53. The Hall–Kier alpha value is -1.45. The second-order valence-corrected chi connectivity index (χ2v) is 7.35. The minimum Gasteiger partial charge on any atom is -0.493 e. The third-order valence-corrected chi connectivity index (χ3v) is 4.48. The van der Waals surface area contributed by atoms with E-state index in [-0.39, 0.29) is 11.6 Å². The number of hydrogen-bond acceptors (Lipinski definition) is 6. The number of benzene rings is 1. The maximum absolute atomic E-state index is 10.5. The molecule has 1 aromatic carbocycles. The van der Waals surface area contributed by atoms with Crippen molar-refractivity contribution >= 4 is 25.8 Å². The van der Waals surface area contributed by atoms with E-state index in [4.69, 9.17) is 19.8 Å². The van der Waals surface area contributed by atoms with Crippen LogP contribution in [0, 0.1) is 0 Å². The van der Waals surface area contributed by atoms with Crippen molar-refractivity contribution in [3.8, 4) is 11.5 Å². The second kappa shape index (κ2) is 8.11. The lowest BCUT2D eigenvalue weighted by atomic mass is 10.1. The lowest BCUT2D eigenvalue weighted by molar-refractivity contribution is 0.354. The number of methoxy groups -OCH3 is 2. The average Bonchev–Trinajstić information content (AvgIpc) is 2.44. The van der Waals surface area contributed by atoms with Crippen molar-refractivity contribution in [1.82, 2.24) is 0 Å². The molecule has 0 amide bonds. The van der Waals surface area contributed by atoms with Gasteiger partial charge in [0.05, 0.1) is 20.0 Å². The minimum atomic E-state index is -4.09. The smallest absolute Gasteiger partial charge is 0.320 e. The Bertz CT molecular complexity index is 602. The summed E-state index contributed by atoms with van der Waals surface area (Å²) >= 11 is 0. The van der Waals surface area contributed by atoms with Gasteiger partial charge in [-0.25, -0.2) is 0 Å². The molecule has 0 spiro atoms. The maximum Gasteiger partial charge on any atom is 0.320 e. The first kappa shape index (κ1) is 17.6. The van der Waals surface area contributed by atoms with Crippen LogP contribution in [0.2, 0.25) is 0 Å². The molecule has 0 unspecified atom stereocenters. The van der Waals surface area contributed by atoms with Crippen molar-refractivity contribution in [3.05, 3.63) is 23.8 Å². The van der Waals surface area contributed by atoms with Gasteiger partial charge in [0.15, 0.2) is 11.5 Å². The van der Waals surface area contributed by atoms with Gasteiger partial charge in [-0.1, -0.05) is 6.07 Å². The maximum atomic E-state index is 10.5. The van der Waals surface area contributed by atoms with Gasteiger partial charge in [0.1, 0.15) is 5.84 Å². The van der Waals surface area contributed by atoms with E-state index in [2.05, 4.69) is 4.99 Å². The summed E-state index contributed by atoms with van der Waals surface area (Å²) < 4.78 is 40.0. The minimum absolute atomic E-state index is 0.0647. The predicted molar refractivity (Wildman–Crippen MR) is 83.7 cm³/mol. The normalized spacial score (nSPS) is 12.2. The summed E-state index contributed by atoms with van der Waals surface area (Å²) in [5.41, 5.74) is 6.55. The van der Waals surface area contributed by atoms with Gasteiger partial charge in [-0.15, -0.1) is 0 Å². The number of hydrogen-bond donors (Lipinski definition) is 2. The van der Waals surface area contributed by atoms with Crippen LogP contribution in [0.15, 0.2) is 23.2 Å². The SMILES string of the molecule is COc1ccc(CCN=C(N)CSS(=O)(=O)O)cc1OC. The van der Waals surface area contributed by atoms with Crippen molar-refractivity contribution in [2.24, 2.45) is 10.7 Å². The lowest BCUT2D eigenvalue weighted by Gasteiger charge is -2.09. The molecule has 0 aliphatic heterocycles. The molecule has 3 N–H and O–H groups in total. The largest absolute Gasteiger partial charge is 0.493 e. The standard InChI is InChI=1S/C12H18N2O5S2/c1-18-10-4-3-9(7-11(10)19-2)5-6-14-12(13)8-20-21(15,16)17/h3-4,7H,5-6,8H2,1-2H3,(H2,13,14)(H,15,16,17). The second-order valence-electron chi connectivity index (χ2n) is 4.00. The predicted octanol–water partition coefficient (Wildman–Crippen LogP) is 1.14. The Morgan fingerprint density at radius 3 is 2.57 bits per heavy atom. The zero-order chi connectivity index (χ0) is 15.9. The summed E-state index contributed by atoms with van der Waals surface area (Å²) in [4.78, 5) is 4.05. The first-order valence-electron chi connectivity index (χ1n) is 5.97. The first-order valence-corrected chi connectivity index (χ1v) is 8.91. The molecule has 0 aromatic heterocycles. The van der Waals surface area contributed by atoms with Crippen LogP contribution < -0.4 is 15.2 Å². The fraction of sp³-hybridized carbons (Fsp3) is 0.417. The molecule has 0 atom stereocenters. The Morgan fingerprint density at radius 1 is 1.33 bits per heavy atom. The van der Waals surface area contributed by atoms with Crippen LogP contribution in [0.5, 0.6) is 11.5 Å². The Labute approximate surface area is 127 Å². The Kier molecular flexibility index (Phi) is 6.79. The number of aliphatic imine (C=N–C) groups is 1. The van der Waals surface area contributed by atoms with Gasteiger partial charge in [0, 0.05) is 17.3 Å². The Balaban J connectivity index is 2.55. The van der Waals surface area contributed by atoms with Crippen LogP contribution in [0.3, 0.4) is 0 Å². The quantitative estimate of drug-likeness (QED) is 0.317. The van der Waals surface area contributed by atoms with E-state index in [0.29, 0.717) is 35.3 Å². The molecule has 9 heteroatoms. The van der Waals surface area contributed by atoms with Crippen LogP contribution in [0.1, 0.15) is 5.56 Å². The molecule has 0 saturated carbocycles. The topological polar surface area (TPSA) is 111 Å². The number of rotatable bonds is 8. The van der Waals surface area contributed by atoms with Gasteiger partial charge in [-0.2, -0.15) is 8.42 Å². The highest BCUT2D eigenvalue weighted by atomic mass is 33.1. The highest BCUT2D eigenvalue weighted by Gasteiger charge is 2.07. The van der Waals surface area contributed by atoms with E-state index in [1.165, 1.54) is 0 Å². The monoisotopic (exact) mass is 334 g/mol.